The van der Waals surface area contributed by atoms with Crippen molar-refractivity contribution in [3.63, 3.8) is 0 Å². The van der Waals surface area contributed by atoms with Crippen molar-refractivity contribution in [2.75, 3.05) is 6.54 Å². The van der Waals surface area contributed by atoms with E-state index in [1.807, 2.05) is 0 Å². The van der Waals surface area contributed by atoms with E-state index < -0.39 is 0 Å². The maximum Gasteiger partial charge on any atom is 0.221 e. The first-order valence-electron chi connectivity index (χ1n) is 7.71. The monoisotopic (exact) mass is 285 g/mol. The van der Waals surface area contributed by atoms with E-state index in [0.29, 0.717) is 19.0 Å². The maximum atomic E-state index is 11.9. The Labute approximate surface area is 125 Å². The number of nitrogens with one attached hydrogen (secondary N) is 3. The van der Waals surface area contributed by atoms with Gasteiger partial charge in [-0.3, -0.25) is 4.79 Å². The third kappa shape index (κ3) is 3.10. The van der Waals surface area contributed by atoms with Crippen LogP contribution in [0.25, 0.3) is 10.9 Å². The highest BCUT2D eigenvalue weighted by atomic mass is 16.1. The summed E-state index contributed by atoms with van der Waals surface area (Å²) >= 11 is 0. The standard InChI is InChI=1S/C17H23N3O/c1-11-12(2)20-16-6-5-13(8-15(11)16)10-19-17(21)9-14-4-3-7-18-14/h5-6,8,14,18,20H,3-4,7,9-10H2,1-2H3,(H,19,21). The van der Waals surface area contributed by atoms with Crippen molar-refractivity contribution in [3.8, 4) is 0 Å². The van der Waals surface area contributed by atoms with E-state index in [4.69, 9.17) is 0 Å². The van der Waals surface area contributed by atoms with Crippen molar-refractivity contribution in [2.24, 2.45) is 0 Å². The molecule has 0 saturated carbocycles. The van der Waals surface area contributed by atoms with Crippen molar-refractivity contribution in [3.05, 3.63) is 35.0 Å². The van der Waals surface area contributed by atoms with E-state index in [0.717, 1.165) is 24.0 Å². The number of amides is 1. The molecule has 0 bridgehead atoms. The van der Waals surface area contributed by atoms with E-state index in [1.54, 1.807) is 0 Å². The van der Waals surface area contributed by atoms with Crippen LogP contribution in [0, 0.1) is 13.8 Å². The fourth-order valence-corrected chi connectivity index (χ4v) is 3.05. The van der Waals surface area contributed by atoms with Gasteiger partial charge in [-0.05, 0) is 56.5 Å². The van der Waals surface area contributed by atoms with Crippen LogP contribution < -0.4 is 10.6 Å². The molecule has 1 fully saturated rings. The Kier molecular flexibility index (Phi) is 3.97. The molecule has 112 valence electrons. The van der Waals surface area contributed by atoms with Gasteiger partial charge in [-0.15, -0.1) is 0 Å². The van der Waals surface area contributed by atoms with Crippen LogP contribution in [0.1, 0.15) is 36.1 Å². The zero-order valence-electron chi connectivity index (χ0n) is 12.8. The summed E-state index contributed by atoms with van der Waals surface area (Å²) in [7, 11) is 0. The van der Waals surface area contributed by atoms with Crippen molar-refractivity contribution >= 4 is 16.8 Å². The number of rotatable bonds is 4. The van der Waals surface area contributed by atoms with Crippen LogP contribution in [0.4, 0.5) is 0 Å². The van der Waals surface area contributed by atoms with Gasteiger partial charge in [-0.1, -0.05) is 6.07 Å². The van der Waals surface area contributed by atoms with Gasteiger partial charge in [0.25, 0.3) is 0 Å². The van der Waals surface area contributed by atoms with Crippen LogP contribution in [-0.2, 0) is 11.3 Å². The normalized spacial score (nSPS) is 18.3. The summed E-state index contributed by atoms with van der Waals surface area (Å²) in [6, 6.07) is 6.70. The highest BCUT2D eigenvalue weighted by Gasteiger charge is 2.17. The quantitative estimate of drug-likeness (QED) is 0.808. The average molecular weight is 285 g/mol. The summed E-state index contributed by atoms with van der Waals surface area (Å²) in [5.41, 5.74) is 4.80. The lowest BCUT2D eigenvalue weighted by atomic mass is 10.1. The SMILES string of the molecule is Cc1[nH]c2ccc(CNC(=O)CC3CCCN3)cc2c1C. The van der Waals surface area contributed by atoms with Gasteiger partial charge >= 0.3 is 0 Å². The highest BCUT2D eigenvalue weighted by Crippen LogP contribution is 2.22. The molecule has 1 amide bonds. The molecule has 3 N–H and O–H groups in total. The molecule has 1 atom stereocenters. The summed E-state index contributed by atoms with van der Waals surface area (Å²) in [4.78, 5) is 15.3. The Bertz CT molecular complexity index is 653. The minimum Gasteiger partial charge on any atom is -0.358 e. The average Bonchev–Trinajstić information content (AvgIpc) is 3.07. The molecule has 1 unspecified atom stereocenters. The van der Waals surface area contributed by atoms with Gasteiger partial charge in [0.2, 0.25) is 5.91 Å². The zero-order chi connectivity index (χ0) is 14.8. The molecule has 0 aliphatic carbocycles. The molecule has 4 heteroatoms. The molecule has 1 aromatic heterocycles. The van der Waals surface area contributed by atoms with Gasteiger partial charge in [0.1, 0.15) is 0 Å². The van der Waals surface area contributed by atoms with Crippen LogP contribution in [0.5, 0.6) is 0 Å². The molecule has 1 aliphatic rings. The van der Waals surface area contributed by atoms with Gasteiger partial charge in [-0.25, -0.2) is 0 Å². The number of aromatic amines is 1. The van der Waals surface area contributed by atoms with E-state index in [-0.39, 0.29) is 5.91 Å². The summed E-state index contributed by atoms with van der Waals surface area (Å²) in [5.74, 6) is 0.136. The first-order chi connectivity index (χ1) is 10.1. The maximum absolute atomic E-state index is 11.9. The van der Waals surface area contributed by atoms with Crippen molar-refractivity contribution < 1.29 is 4.79 Å². The fraction of sp³-hybridized carbons (Fsp3) is 0.471. The molecule has 1 aromatic carbocycles. The number of hydrogen-bond donors (Lipinski definition) is 3. The Hall–Kier alpha value is -1.81. The summed E-state index contributed by atoms with van der Waals surface area (Å²) in [6.45, 7) is 5.86. The molecule has 21 heavy (non-hydrogen) atoms. The Balaban J connectivity index is 1.62. The molecule has 4 nitrogen and oxygen atoms in total. The fourth-order valence-electron chi connectivity index (χ4n) is 3.05. The molecule has 2 aromatic rings. The zero-order valence-corrected chi connectivity index (χ0v) is 12.8. The first-order valence-corrected chi connectivity index (χ1v) is 7.71. The Morgan fingerprint density at radius 2 is 2.24 bits per heavy atom. The number of benzene rings is 1. The van der Waals surface area contributed by atoms with Crippen molar-refractivity contribution in [2.45, 2.75) is 45.7 Å². The van der Waals surface area contributed by atoms with Crippen LogP contribution in [0.3, 0.4) is 0 Å². The van der Waals surface area contributed by atoms with Crippen molar-refractivity contribution in [1.29, 1.82) is 0 Å². The second kappa shape index (κ2) is 5.90. The summed E-state index contributed by atoms with van der Waals surface area (Å²) in [6.07, 6.45) is 2.88. The van der Waals surface area contributed by atoms with Gasteiger partial charge in [-0.2, -0.15) is 0 Å². The lowest BCUT2D eigenvalue weighted by Crippen LogP contribution is -2.31. The van der Waals surface area contributed by atoms with Crippen LogP contribution in [0.2, 0.25) is 0 Å². The lowest BCUT2D eigenvalue weighted by Gasteiger charge is -2.10. The molecule has 1 saturated heterocycles. The van der Waals surface area contributed by atoms with Crippen LogP contribution in [0.15, 0.2) is 18.2 Å². The number of fused-ring (bicyclic) bond motifs is 1. The molecule has 1 aliphatic heterocycles. The predicted octanol–water partition coefficient (Wildman–Crippen LogP) is 2.54. The second-order valence-electron chi connectivity index (χ2n) is 6.03. The van der Waals surface area contributed by atoms with Gasteiger partial charge in [0, 0.05) is 35.6 Å². The first kappa shape index (κ1) is 14.1. The number of H-pyrrole nitrogens is 1. The summed E-state index contributed by atoms with van der Waals surface area (Å²) in [5, 5.41) is 7.63. The second-order valence-corrected chi connectivity index (χ2v) is 6.03. The molecular weight excluding hydrogens is 262 g/mol. The van der Waals surface area contributed by atoms with E-state index in [9.17, 15) is 4.79 Å². The van der Waals surface area contributed by atoms with Gasteiger partial charge in [0.15, 0.2) is 0 Å². The smallest absolute Gasteiger partial charge is 0.221 e. The Morgan fingerprint density at radius 3 is 3.00 bits per heavy atom. The molecule has 2 heterocycles. The van der Waals surface area contributed by atoms with E-state index in [2.05, 4.69) is 47.7 Å². The largest absolute Gasteiger partial charge is 0.358 e. The molecule has 0 radical (unpaired) electrons. The number of hydrogen-bond acceptors (Lipinski definition) is 2. The van der Waals surface area contributed by atoms with Crippen LogP contribution in [-0.4, -0.2) is 23.5 Å². The third-order valence-corrected chi connectivity index (χ3v) is 4.46. The van der Waals surface area contributed by atoms with Gasteiger partial charge < -0.3 is 15.6 Å². The molecule has 3 rings (SSSR count). The third-order valence-electron chi connectivity index (χ3n) is 4.46. The summed E-state index contributed by atoms with van der Waals surface area (Å²) < 4.78 is 0. The van der Waals surface area contributed by atoms with Crippen molar-refractivity contribution in [1.82, 2.24) is 15.6 Å². The van der Waals surface area contributed by atoms with Crippen LogP contribution >= 0.6 is 0 Å². The Morgan fingerprint density at radius 1 is 1.38 bits per heavy atom. The predicted molar refractivity (Wildman–Crippen MR) is 85.3 cm³/mol. The topological polar surface area (TPSA) is 56.9 Å². The number of carbonyl (C=O) groups excluding carboxylic acids is 1. The minimum atomic E-state index is 0.136. The van der Waals surface area contributed by atoms with E-state index >= 15 is 0 Å². The van der Waals surface area contributed by atoms with Gasteiger partial charge in [0.05, 0.1) is 0 Å². The molecule has 0 spiro atoms. The number of aryl methyl sites for hydroxylation is 2. The lowest BCUT2D eigenvalue weighted by molar-refractivity contribution is -0.121. The van der Waals surface area contributed by atoms with E-state index in [1.165, 1.54) is 23.1 Å². The molecular formula is C17H23N3O. The minimum absolute atomic E-state index is 0.136. The number of aromatic nitrogens is 1. The number of carbonyl (C=O) groups is 1. The highest BCUT2D eigenvalue weighted by molar-refractivity contribution is 5.85.